The van der Waals surface area contributed by atoms with Gasteiger partial charge in [0, 0.05) is 25.2 Å². The second-order valence-corrected chi connectivity index (χ2v) is 7.18. The SMILES string of the molecule is Cc1noc(C)c1S(=O)(=O)NCCN(C(C)C)C(C)C. The lowest BCUT2D eigenvalue weighted by atomic mass is 10.2. The molecule has 0 aliphatic rings. The van der Waals surface area contributed by atoms with Crippen LogP contribution in [0.5, 0.6) is 0 Å². The fourth-order valence-electron chi connectivity index (χ4n) is 2.35. The van der Waals surface area contributed by atoms with Crippen LogP contribution in [0.25, 0.3) is 0 Å². The number of aryl methyl sites for hydroxylation is 2. The van der Waals surface area contributed by atoms with E-state index in [0.29, 0.717) is 36.6 Å². The van der Waals surface area contributed by atoms with Crippen molar-refractivity contribution in [2.75, 3.05) is 13.1 Å². The lowest BCUT2D eigenvalue weighted by molar-refractivity contribution is 0.179. The second kappa shape index (κ2) is 6.69. The van der Waals surface area contributed by atoms with Crippen molar-refractivity contribution in [2.45, 2.75) is 58.5 Å². The van der Waals surface area contributed by atoms with Gasteiger partial charge in [0.1, 0.15) is 10.6 Å². The Labute approximate surface area is 121 Å². The fourth-order valence-corrected chi connectivity index (χ4v) is 3.70. The molecule has 1 N–H and O–H groups in total. The highest BCUT2D eigenvalue weighted by atomic mass is 32.2. The molecule has 1 aromatic rings. The van der Waals surface area contributed by atoms with Crippen LogP contribution in [0.2, 0.25) is 0 Å². The Bertz CT molecular complexity index is 508. The van der Waals surface area contributed by atoms with Gasteiger partial charge in [-0.15, -0.1) is 0 Å². The third-order valence-electron chi connectivity index (χ3n) is 3.23. The van der Waals surface area contributed by atoms with Crippen molar-refractivity contribution >= 4 is 10.0 Å². The second-order valence-electron chi connectivity index (χ2n) is 5.48. The van der Waals surface area contributed by atoms with Crippen LogP contribution in [-0.4, -0.2) is 43.6 Å². The largest absolute Gasteiger partial charge is 0.360 e. The van der Waals surface area contributed by atoms with Crippen LogP contribution in [0.4, 0.5) is 0 Å². The number of rotatable bonds is 7. The molecule has 0 spiro atoms. The van der Waals surface area contributed by atoms with Gasteiger partial charge in [0.05, 0.1) is 0 Å². The van der Waals surface area contributed by atoms with Crippen LogP contribution in [0.15, 0.2) is 9.42 Å². The zero-order valence-corrected chi connectivity index (χ0v) is 13.9. The average molecular weight is 303 g/mol. The molecule has 116 valence electrons. The Morgan fingerprint density at radius 1 is 1.20 bits per heavy atom. The van der Waals surface area contributed by atoms with E-state index in [1.807, 2.05) is 0 Å². The molecule has 7 heteroatoms. The van der Waals surface area contributed by atoms with Gasteiger partial charge in [0.15, 0.2) is 5.76 Å². The Hall–Kier alpha value is -0.920. The van der Waals surface area contributed by atoms with Gasteiger partial charge in [0.25, 0.3) is 0 Å². The third-order valence-corrected chi connectivity index (χ3v) is 4.93. The van der Waals surface area contributed by atoms with Crippen molar-refractivity contribution in [1.82, 2.24) is 14.8 Å². The number of nitrogens with one attached hydrogen (secondary N) is 1. The molecule has 0 radical (unpaired) electrons. The predicted molar refractivity (Wildman–Crippen MR) is 78.1 cm³/mol. The number of nitrogens with zero attached hydrogens (tertiary/aromatic N) is 2. The van der Waals surface area contributed by atoms with Crippen LogP contribution in [0.3, 0.4) is 0 Å². The first kappa shape index (κ1) is 17.1. The van der Waals surface area contributed by atoms with Gasteiger partial charge in [-0.2, -0.15) is 0 Å². The van der Waals surface area contributed by atoms with Crippen molar-refractivity contribution in [2.24, 2.45) is 0 Å². The van der Waals surface area contributed by atoms with Crippen LogP contribution in [-0.2, 0) is 10.0 Å². The van der Waals surface area contributed by atoms with E-state index in [-0.39, 0.29) is 4.90 Å². The zero-order chi connectivity index (χ0) is 15.5. The summed E-state index contributed by atoms with van der Waals surface area (Å²) in [6, 6.07) is 0.747. The van der Waals surface area contributed by atoms with Crippen LogP contribution in [0, 0.1) is 13.8 Å². The van der Waals surface area contributed by atoms with Gasteiger partial charge in [-0.3, -0.25) is 4.90 Å². The first-order valence-corrected chi connectivity index (χ1v) is 8.33. The van der Waals surface area contributed by atoms with E-state index in [9.17, 15) is 8.42 Å². The first-order valence-electron chi connectivity index (χ1n) is 6.85. The summed E-state index contributed by atoms with van der Waals surface area (Å²) in [5.74, 6) is 0.319. The fraction of sp³-hybridized carbons (Fsp3) is 0.769. The maximum atomic E-state index is 12.2. The molecule has 1 rings (SSSR count). The molecule has 0 saturated carbocycles. The Kier molecular flexibility index (Phi) is 5.73. The van der Waals surface area contributed by atoms with E-state index in [1.54, 1.807) is 13.8 Å². The third kappa shape index (κ3) is 4.04. The van der Waals surface area contributed by atoms with E-state index in [4.69, 9.17) is 4.52 Å². The lowest BCUT2D eigenvalue weighted by Crippen LogP contribution is -2.42. The average Bonchev–Trinajstić information content (AvgIpc) is 2.64. The topological polar surface area (TPSA) is 75.4 Å². The minimum atomic E-state index is -3.56. The summed E-state index contributed by atoms with van der Waals surface area (Å²) in [4.78, 5) is 2.38. The molecule has 20 heavy (non-hydrogen) atoms. The summed E-state index contributed by atoms with van der Waals surface area (Å²) in [6.07, 6.45) is 0. The maximum Gasteiger partial charge on any atom is 0.246 e. The zero-order valence-electron chi connectivity index (χ0n) is 13.1. The smallest absolute Gasteiger partial charge is 0.246 e. The number of hydrogen-bond acceptors (Lipinski definition) is 5. The van der Waals surface area contributed by atoms with Crippen LogP contribution < -0.4 is 4.72 Å². The predicted octanol–water partition coefficient (Wildman–Crippen LogP) is 1.69. The number of hydrogen-bond donors (Lipinski definition) is 1. The Morgan fingerprint density at radius 3 is 2.15 bits per heavy atom. The van der Waals surface area contributed by atoms with Crippen molar-refractivity contribution in [3.8, 4) is 0 Å². The Morgan fingerprint density at radius 2 is 1.75 bits per heavy atom. The molecule has 1 heterocycles. The van der Waals surface area contributed by atoms with Gasteiger partial charge in [-0.1, -0.05) is 5.16 Å². The molecule has 0 unspecified atom stereocenters. The molecular formula is C13H25N3O3S. The van der Waals surface area contributed by atoms with Crippen molar-refractivity contribution in [3.05, 3.63) is 11.5 Å². The first-order chi connectivity index (χ1) is 9.16. The monoisotopic (exact) mass is 303 g/mol. The normalized spacial score (nSPS) is 12.8. The molecule has 0 saturated heterocycles. The summed E-state index contributed by atoms with van der Waals surface area (Å²) >= 11 is 0. The summed E-state index contributed by atoms with van der Waals surface area (Å²) in [5, 5.41) is 3.68. The summed E-state index contributed by atoms with van der Waals surface area (Å²) in [6.45, 7) is 12.7. The molecule has 1 aromatic heterocycles. The van der Waals surface area contributed by atoms with E-state index < -0.39 is 10.0 Å². The van der Waals surface area contributed by atoms with Crippen LogP contribution >= 0.6 is 0 Å². The van der Waals surface area contributed by atoms with Crippen LogP contribution in [0.1, 0.15) is 39.1 Å². The van der Waals surface area contributed by atoms with Gasteiger partial charge in [-0.05, 0) is 41.5 Å². The minimum absolute atomic E-state index is 0.151. The van der Waals surface area contributed by atoms with Gasteiger partial charge >= 0.3 is 0 Å². The Balaban J connectivity index is 2.70. The molecule has 0 aromatic carbocycles. The molecule has 0 amide bonds. The highest BCUT2D eigenvalue weighted by Gasteiger charge is 2.24. The van der Waals surface area contributed by atoms with Gasteiger partial charge in [0.2, 0.25) is 10.0 Å². The van der Waals surface area contributed by atoms with Gasteiger partial charge < -0.3 is 4.52 Å². The summed E-state index contributed by atoms with van der Waals surface area (Å²) in [5.41, 5.74) is 0.388. The van der Waals surface area contributed by atoms with E-state index >= 15 is 0 Å². The van der Waals surface area contributed by atoms with Crippen molar-refractivity contribution in [3.63, 3.8) is 0 Å². The maximum absolute atomic E-state index is 12.2. The summed E-state index contributed by atoms with van der Waals surface area (Å²) < 4.78 is 32.0. The molecule has 6 nitrogen and oxygen atoms in total. The highest BCUT2D eigenvalue weighted by Crippen LogP contribution is 2.18. The molecule has 0 aliphatic carbocycles. The lowest BCUT2D eigenvalue weighted by Gasteiger charge is -2.30. The number of sulfonamides is 1. The quantitative estimate of drug-likeness (QED) is 0.829. The standard InChI is InChI=1S/C13H25N3O3S/c1-9(2)16(10(3)4)8-7-14-20(17,18)13-11(5)15-19-12(13)6/h9-10,14H,7-8H2,1-6H3. The molecule has 0 aliphatic heterocycles. The number of aromatic nitrogens is 1. The van der Waals surface area contributed by atoms with Gasteiger partial charge in [-0.25, -0.2) is 13.1 Å². The molecular weight excluding hydrogens is 278 g/mol. The molecule has 0 bridgehead atoms. The van der Waals surface area contributed by atoms with E-state index in [2.05, 4.69) is 42.5 Å². The van der Waals surface area contributed by atoms with E-state index in [0.717, 1.165) is 0 Å². The highest BCUT2D eigenvalue weighted by molar-refractivity contribution is 7.89. The van der Waals surface area contributed by atoms with E-state index in [1.165, 1.54) is 0 Å². The molecule has 0 atom stereocenters. The molecule has 0 fully saturated rings. The summed E-state index contributed by atoms with van der Waals surface area (Å²) in [7, 11) is -3.56. The van der Waals surface area contributed by atoms with Crippen molar-refractivity contribution < 1.29 is 12.9 Å². The minimum Gasteiger partial charge on any atom is -0.360 e. The van der Waals surface area contributed by atoms with Crippen molar-refractivity contribution in [1.29, 1.82) is 0 Å².